The van der Waals surface area contributed by atoms with Gasteiger partial charge in [0.25, 0.3) is 0 Å². The summed E-state index contributed by atoms with van der Waals surface area (Å²) in [6.45, 7) is 2.00. The molecule has 0 aliphatic heterocycles. The van der Waals surface area contributed by atoms with Gasteiger partial charge in [-0.2, -0.15) is 0 Å². The van der Waals surface area contributed by atoms with Gasteiger partial charge in [0, 0.05) is 0 Å². The SMILES string of the molecule is Cc1cccc(CS(=O)Cl)c1. The van der Waals surface area contributed by atoms with Crippen molar-refractivity contribution in [2.45, 2.75) is 12.7 Å². The van der Waals surface area contributed by atoms with Gasteiger partial charge in [0.15, 0.2) is 0 Å². The maximum Gasteiger partial charge on any atom is 0.119 e. The van der Waals surface area contributed by atoms with Gasteiger partial charge >= 0.3 is 0 Å². The Morgan fingerprint density at radius 1 is 1.55 bits per heavy atom. The van der Waals surface area contributed by atoms with Crippen LogP contribution < -0.4 is 0 Å². The largest absolute Gasteiger partial charge is 0.242 e. The summed E-state index contributed by atoms with van der Waals surface area (Å²) >= 11 is 0. The van der Waals surface area contributed by atoms with Crippen molar-refractivity contribution in [3.63, 3.8) is 0 Å². The van der Waals surface area contributed by atoms with E-state index >= 15 is 0 Å². The molecule has 0 heterocycles. The topological polar surface area (TPSA) is 17.1 Å². The van der Waals surface area contributed by atoms with Crippen molar-refractivity contribution in [3.05, 3.63) is 35.4 Å². The number of benzene rings is 1. The summed E-state index contributed by atoms with van der Waals surface area (Å²) in [6.07, 6.45) is 0. The van der Waals surface area contributed by atoms with E-state index in [2.05, 4.69) is 0 Å². The van der Waals surface area contributed by atoms with E-state index in [1.807, 2.05) is 31.2 Å². The van der Waals surface area contributed by atoms with Crippen LogP contribution in [-0.4, -0.2) is 4.21 Å². The molecule has 1 aromatic carbocycles. The zero-order valence-electron chi connectivity index (χ0n) is 6.21. The molecule has 3 heteroatoms. The second-order valence-corrected chi connectivity index (χ2v) is 4.32. The summed E-state index contributed by atoms with van der Waals surface area (Å²) in [6, 6.07) is 7.85. The summed E-state index contributed by atoms with van der Waals surface area (Å²) < 4.78 is 10.6. The first-order valence-electron chi connectivity index (χ1n) is 3.28. The van der Waals surface area contributed by atoms with Gasteiger partial charge in [0.2, 0.25) is 0 Å². The molecule has 0 amide bonds. The molecule has 1 nitrogen and oxygen atoms in total. The Morgan fingerprint density at radius 3 is 2.82 bits per heavy atom. The van der Waals surface area contributed by atoms with Crippen LogP contribution in [0.15, 0.2) is 24.3 Å². The molecule has 0 fully saturated rings. The van der Waals surface area contributed by atoms with Gasteiger partial charge in [-0.25, -0.2) is 4.21 Å². The molecule has 0 N–H and O–H groups in total. The maximum absolute atomic E-state index is 10.6. The van der Waals surface area contributed by atoms with Crippen LogP contribution in [0.3, 0.4) is 0 Å². The molecule has 1 aromatic rings. The minimum Gasteiger partial charge on any atom is -0.242 e. The van der Waals surface area contributed by atoms with Crippen molar-refractivity contribution in [1.29, 1.82) is 0 Å². The molecule has 0 saturated carbocycles. The van der Waals surface area contributed by atoms with Crippen LogP contribution in [0.2, 0.25) is 0 Å². The molecule has 0 spiro atoms. The van der Waals surface area contributed by atoms with Crippen LogP contribution >= 0.6 is 10.7 Å². The lowest BCUT2D eigenvalue weighted by molar-refractivity contribution is 0.691. The molecule has 1 rings (SSSR count). The number of rotatable bonds is 2. The molecule has 0 saturated heterocycles. The average Bonchev–Trinajstić information content (AvgIpc) is 1.85. The van der Waals surface area contributed by atoms with Gasteiger partial charge in [-0.05, 0) is 23.2 Å². The number of halogens is 1. The quantitative estimate of drug-likeness (QED) is 0.652. The van der Waals surface area contributed by atoms with E-state index in [4.69, 9.17) is 10.7 Å². The highest BCUT2D eigenvalue weighted by Gasteiger charge is 1.96. The standard InChI is InChI=1S/C8H9ClOS/c1-7-3-2-4-8(5-7)6-11(9)10/h2-5H,6H2,1H3. The van der Waals surface area contributed by atoms with Gasteiger partial charge in [0.05, 0.1) is 5.75 Å². The van der Waals surface area contributed by atoms with E-state index in [1.54, 1.807) is 0 Å². The number of hydrogen-bond donors (Lipinski definition) is 0. The molecule has 0 radical (unpaired) electrons. The lowest BCUT2D eigenvalue weighted by Gasteiger charge is -1.97. The fourth-order valence-corrected chi connectivity index (χ4v) is 1.75. The lowest BCUT2D eigenvalue weighted by atomic mass is 10.2. The first-order chi connectivity index (χ1) is 5.18. The molecule has 1 atom stereocenters. The molecular weight excluding hydrogens is 180 g/mol. The Hall–Kier alpha value is -0.340. The third-order valence-electron chi connectivity index (χ3n) is 1.36. The third-order valence-corrected chi connectivity index (χ3v) is 2.25. The Balaban J connectivity index is 2.79. The van der Waals surface area contributed by atoms with Crippen molar-refractivity contribution in [1.82, 2.24) is 0 Å². The maximum atomic E-state index is 10.6. The van der Waals surface area contributed by atoms with E-state index in [9.17, 15) is 4.21 Å². The zero-order chi connectivity index (χ0) is 8.27. The van der Waals surface area contributed by atoms with Crippen molar-refractivity contribution in [3.8, 4) is 0 Å². The molecule has 0 bridgehead atoms. The van der Waals surface area contributed by atoms with E-state index in [-0.39, 0.29) is 0 Å². The van der Waals surface area contributed by atoms with E-state index in [1.165, 1.54) is 5.56 Å². The van der Waals surface area contributed by atoms with E-state index in [0.29, 0.717) is 5.75 Å². The summed E-state index contributed by atoms with van der Waals surface area (Å²) in [5, 5.41) is 0. The van der Waals surface area contributed by atoms with Crippen molar-refractivity contribution in [2.75, 3.05) is 0 Å². The summed E-state index contributed by atoms with van der Waals surface area (Å²) in [4.78, 5) is 0. The second kappa shape index (κ2) is 3.88. The van der Waals surface area contributed by atoms with Gasteiger partial charge in [0.1, 0.15) is 10.0 Å². The van der Waals surface area contributed by atoms with Gasteiger partial charge in [-0.1, -0.05) is 29.8 Å². The van der Waals surface area contributed by atoms with E-state index in [0.717, 1.165) is 5.56 Å². The van der Waals surface area contributed by atoms with Crippen LogP contribution in [0.5, 0.6) is 0 Å². The Kier molecular flexibility index (Phi) is 3.09. The minimum absolute atomic E-state index is 0.434. The first-order valence-corrected chi connectivity index (χ1v) is 5.43. The predicted octanol–water partition coefficient (Wildman–Crippen LogP) is 2.40. The fraction of sp³-hybridized carbons (Fsp3) is 0.250. The summed E-state index contributed by atoms with van der Waals surface area (Å²) in [5.74, 6) is 0.434. The van der Waals surface area contributed by atoms with E-state index < -0.39 is 10.0 Å². The van der Waals surface area contributed by atoms with Crippen LogP contribution in [0, 0.1) is 6.92 Å². The number of aryl methyl sites for hydroxylation is 1. The zero-order valence-corrected chi connectivity index (χ0v) is 7.78. The monoisotopic (exact) mass is 188 g/mol. The molecule has 60 valence electrons. The molecular formula is C8H9ClOS. The van der Waals surface area contributed by atoms with Gasteiger partial charge in [-0.3, -0.25) is 0 Å². The highest BCUT2D eigenvalue weighted by molar-refractivity contribution is 8.07. The smallest absolute Gasteiger partial charge is 0.119 e. The van der Waals surface area contributed by atoms with Crippen LogP contribution in [0.4, 0.5) is 0 Å². The normalized spacial score (nSPS) is 12.9. The first kappa shape index (κ1) is 8.75. The highest BCUT2D eigenvalue weighted by Crippen LogP contribution is 2.07. The van der Waals surface area contributed by atoms with Crippen molar-refractivity contribution < 1.29 is 4.21 Å². The summed E-state index contributed by atoms with van der Waals surface area (Å²) in [7, 11) is 4.08. The Labute approximate surface area is 73.3 Å². The minimum atomic E-state index is -1.25. The predicted molar refractivity (Wildman–Crippen MR) is 48.9 cm³/mol. The molecule has 1 unspecified atom stereocenters. The molecule has 11 heavy (non-hydrogen) atoms. The second-order valence-electron chi connectivity index (χ2n) is 2.42. The van der Waals surface area contributed by atoms with Crippen molar-refractivity contribution >= 4 is 20.7 Å². The van der Waals surface area contributed by atoms with Gasteiger partial charge in [-0.15, -0.1) is 0 Å². The van der Waals surface area contributed by atoms with Crippen LogP contribution in [0.25, 0.3) is 0 Å². The van der Waals surface area contributed by atoms with Crippen LogP contribution in [0.1, 0.15) is 11.1 Å². The Bertz CT molecular complexity index is 273. The fourth-order valence-electron chi connectivity index (χ4n) is 0.933. The molecule has 0 aliphatic rings. The summed E-state index contributed by atoms with van der Waals surface area (Å²) in [5.41, 5.74) is 2.20. The lowest BCUT2D eigenvalue weighted by Crippen LogP contribution is -1.87. The third kappa shape index (κ3) is 3.04. The van der Waals surface area contributed by atoms with Gasteiger partial charge < -0.3 is 0 Å². The van der Waals surface area contributed by atoms with Crippen molar-refractivity contribution in [2.24, 2.45) is 0 Å². The number of hydrogen-bond acceptors (Lipinski definition) is 1. The molecule has 0 aromatic heterocycles. The average molecular weight is 189 g/mol. The van der Waals surface area contributed by atoms with Crippen LogP contribution in [-0.2, 0) is 15.8 Å². The molecule has 0 aliphatic carbocycles. The highest BCUT2D eigenvalue weighted by atomic mass is 35.7. The Morgan fingerprint density at radius 2 is 2.27 bits per heavy atom.